The number of ether oxygens (including phenoxy) is 1. The van der Waals surface area contributed by atoms with Gasteiger partial charge in [0.25, 0.3) is 0 Å². The lowest BCUT2D eigenvalue weighted by Crippen LogP contribution is -2.52. The zero-order valence-corrected chi connectivity index (χ0v) is 23.5. The third-order valence-electron chi connectivity index (χ3n) is 7.67. The molecular formula is C26H36BrN3O5S. The highest BCUT2D eigenvalue weighted by molar-refractivity contribution is 9.09. The van der Waals surface area contributed by atoms with Gasteiger partial charge in [-0.15, -0.1) is 11.8 Å². The van der Waals surface area contributed by atoms with Crippen molar-refractivity contribution in [2.24, 2.45) is 11.8 Å². The molecule has 0 radical (unpaired) electrons. The van der Waals surface area contributed by atoms with E-state index in [1.54, 1.807) is 23.6 Å². The Morgan fingerprint density at radius 2 is 1.92 bits per heavy atom. The standard InChI is InChI=1S/C26H36BrN3O5S/c1-4-29(5-2)17-11-9-16(10-12-17)28-23(32)22-26-15-18(27)21(36-26)19(25(34)35-6-3)20(26)24(33)30(22)13-7-8-14-31/h9-12,18-22,31H,4-8,13-15H2,1-3H3,(H,28,32)/t18?,19-,20-,21-,22?,26?/m0/s1. The van der Waals surface area contributed by atoms with E-state index in [4.69, 9.17) is 4.74 Å². The third-order valence-corrected chi connectivity index (χ3v) is 10.9. The number of anilines is 2. The molecule has 0 aromatic heterocycles. The second kappa shape index (κ2) is 11.3. The lowest BCUT2D eigenvalue weighted by atomic mass is 9.71. The van der Waals surface area contributed by atoms with E-state index < -0.39 is 22.6 Å². The lowest BCUT2D eigenvalue weighted by molar-refractivity contribution is -0.153. The Hall–Kier alpha value is -1.78. The Balaban J connectivity index is 1.63. The number of likely N-dealkylation sites (tertiary alicyclic amines) is 1. The predicted molar refractivity (Wildman–Crippen MR) is 146 cm³/mol. The highest BCUT2D eigenvalue weighted by atomic mass is 79.9. The van der Waals surface area contributed by atoms with E-state index in [-0.39, 0.29) is 41.1 Å². The average molecular weight is 583 g/mol. The number of hydrogen-bond donors (Lipinski definition) is 2. The van der Waals surface area contributed by atoms with Crippen molar-refractivity contribution in [1.82, 2.24) is 4.90 Å². The number of hydrogen-bond acceptors (Lipinski definition) is 7. The molecule has 1 aromatic carbocycles. The maximum atomic E-state index is 13.9. The normalized spacial score (nSPS) is 30.4. The van der Waals surface area contributed by atoms with E-state index in [0.717, 1.165) is 18.8 Å². The molecule has 3 fully saturated rings. The highest BCUT2D eigenvalue weighted by Gasteiger charge is 2.75. The van der Waals surface area contributed by atoms with Crippen molar-refractivity contribution in [2.45, 2.75) is 60.9 Å². The minimum absolute atomic E-state index is 0.0157. The largest absolute Gasteiger partial charge is 0.466 e. The molecule has 0 saturated carbocycles. The van der Waals surface area contributed by atoms with Crippen LogP contribution in [0.4, 0.5) is 11.4 Å². The number of unbranched alkanes of at least 4 members (excludes halogenated alkanes) is 1. The molecule has 0 aliphatic carbocycles. The van der Waals surface area contributed by atoms with Crippen LogP contribution >= 0.6 is 27.7 Å². The molecule has 36 heavy (non-hydrogen) atoms. The first-order valence-corrected chi connectivity index (χ1v) is 14.7. The number of benzene rings is 1. The van der Waals surface area contributed by atoms with Crippen LogP contribution in [0.15, 0.2) is 24.3 Å². The van der Waals surface area contributed by atoms with Gasteiger partial charge in [-0.1, -0.05) is 15.9 Å². The van der Waals surface area contributed by atoms with Gasteiger partial charge < -0.3 is 25.0 Å². The summed E-state index contributed by atoms with van der Waals surface area (Å²) in [6.07, 6.45) is 1.76. The van der Waals surface area contributed by atoms with Crippen LogP contribution in [-0.2, 0) is 19.1 Å². The summed E-state index contributed by atoms with van der Waals surface area (Å²) in [6.45, 7) is 8.40. The second-order valence-electron chi connectivity index (χ2n) is 9.59. The van der Waals surface area contributed by atoms with Crippen LogP contribution in [0.2, 0.25) is 0 Å². The maximum Gasteiger partial charge on any atom is 0.310 e. The minimum Gasteiger partial charge on any atom is -0.466 e. The molecule has 1 spiro atoms. The number of nitrogens with zero attached hydrogens (tertiary/aromatic N) is 2. The number of halogens is 1. The van der Waals surface area contributed by atoms with Crippen LogP contribution in [0.3, 0.4) is 0 Å². The number of aliphatic hydroxyl groups excluding tert-OH is 1. The van der Waals surface area contributed by atoms with Crippen molar-refractivity contribution >= 4 is 56.9 Å². The average Bonchev–Trinajstić information content (AvgIpc) is 3.45. The lowest BCUT2D eigenvalue weighted by Gasteiger charge is -2.35. The summed E-state index contributed by atoms with van der Waals surface area (Å²) in [5.41, 5.74) is 1.76. The molecule has 3 saturated heterocycles. The Labute approximate surface area is 225 Å². The van der Waals surface area contributed by atoms with Crippen molar-refractivity contribution in [3.8, 4) is 0 Å². The van der Waals surface area contributed by atoms with Gasteiger partial charge in [-0.05, 0) is 64.3 Å². The molecule has 1 aromatic rings. The molecule has 3 heterocycles. The Bertz CT molecular complexity index is 975. The summed E-state index contributed by atoms with van der Waals surface area (Å²) in [7, 11) is 0. The van der Waals surface area contributed by atoms with Crippen molar-refractivity contribution in [1.29, 1.82) is 0 Å². The molecule has 2 N–H and O–H groups in total. The fraction of sp³-hybridized carbons (Fsp3) is 0.654. The van der Waals surface area contributed by atoms with E-state index in [1.165, 1.54) is 0 Å². The molecule has 3 aliphatic rings. The predicted octanol–water partition coefficient (Wildman–Crippen LogP) is 3.27. The van der Waals surface area contributed by atoms with Gasteiger partial charge in [0.1, 0.15) is 6.04 Å². The second-order valence-corrected chi connectivity index (χ2v) is 12.3. The summed E-state index contributed by atoms with van der Waals surface area (Å²) in [5.74, 6) is -1.91. The Morgan fingerprint density at radius 3 is 2.53 bits per heavy atom. The topological polar surface area (TPSA) is 99.2 Å². The van der Waals surface area contributed by atoms with Gasteiger partial charge in [0.15, 0.2) is 0 Å². The van der Waals surface area contributed by atoms with Crippen LogP contribution in [-0.4, -0.2) is 81.5 Å². The van der Waals surface area contributed by atoms with Gasteiger partial charge >= 0.3 is 5.97 Å². The van der Waals surface area contributed by atoms with Crippen LogP contribution in [0.25, 0.3) is 0 Å². The fourth-order valence-corrected chi connectivity index (χ4v) is 9.73. The van der Waals surface area contributed by atoms with E-state index in [9.17, 15) is 19.5 Å². The monoisotopic (exact) mass is 581 g/mol. The van der Waals surface area contributed by atoms with Crippen molar-refractivity contribution in [3.05, 3.63) is 24.3 Å². The van der Waals surface area contributed by atoms with E-state index in [1.807, 2.05) is 24.3 Å². The van der Waals surface area contributed by atoms with Crippen LogP contribution < -0.4 is 10.2 Å². The number of nitrogens with one attached hydrogen (secondary N) is 1. The van der Waals surface area contributed by atoms with Crippen molar-refractivity contribution in [3.63, 3.8) is 0 Å². The number of aliphatic hydroxyl groups is 1. The molecule has 3 unspecified atom stereocenters. The van der Waals surface area contributed by atoms with Crippen LogP contribution in [0.1, 0.15) is 40.0 Å². The summed E-state index contributed by atoms with van der Waals surface area (Å²) in [5, 5.41) is 12.2. The van der Waals surface area contributed by atoms with E-state index in [2.05, 4.69) is 40.0 Å². The number of carbonyl (C=O) groups is 3. The number of amides is 2. The third kappa shape index (κ3) is 4.65. The molecule has 10 heteroatoms. The first-order valence-electron chi connectivity index (χ1n) is 12.9. The maximum absolute atomic E-state index is 13.9. The number of thioether (sulfide) groups is 1. The molecule has 2 bridgehead atoms. The smallest absolute Gasteiger partial charge is 0.310 e. The molecule has 4 rings (SSSR count). The van der Waals surface area contributed by atoms with Crippen LogP contribution in [0.5, 0.6) is 0 Å². The molecular weight excluding hydrogens is 546 g/mol. The van der Waals surface area contributed by atoms with E-state index >= 15 is 0 Å². The molecule has 3 aliphatic heterocycles. The van der Waals surface area contributed by atoms with Crippen LogP contribution in [0, 0.1) is 11.8 Å². The number of carbonyl (C=O) groups excluding carboxylic acids is 3. The zero-order valence-electron chi connectivity index (χ0n) is 21.1. The van der Waals surface area contributed by atoms with Gasteiger partial charge in [0.05, 0.1) is 23.2 Å². The first-order chi connectivity index (χ1) is 17.3. The number of rotatable bonds is 11. The Kier molecular flexibility index (Phi) is 8.56. The van der Waals surface area contributed by atoms with Gasteiger partial charge in [0.2, 0.25) is 11.8 Å². The Morgan fingerprint density at radius 1 is 1.22 bits per heavy atom. The number of alkyl halides is 1. The molecule has 2 amide bonds. The van der Waals surface area contributed by atoms with Gasteiger partial charge in [0, 0.05) is 47.7 Å². The van der Waals surface area contributed by atoms with E-state index in [0.29, 0.717) is 31.5 Å². The first kappa shape index (κ1) is 27.3. The highest BCUT2D eigenvalue weighted by Crippen LogP contribution is 2.67. The summed E-state index contributed by atoms with van der Waals surface area (Å²) in [6, 6.07) is 7.06. The quantitative estimate of drug-likeness (QED) is 0.235. The number of fused-ring (bicyclic) bond motifs is 1. The summed E-state index contributed by atoms with van der Waals surface area (Å²) >= 11 is 5.34. The van der Waals surface area contributed by atoms with Gasteiger partial charge in [-0.2, -0.15) is 0 Å². The summed E-state index contributed by atoms with van der Waals surface area (Å²) in [4.78, 5) is 44.5. The molecule has 6 atom stereocenters. The fourth-order valence-electron chi connectivity index (χ4n) is 6.13. The van der Waals surface area contributed by atoms with Crippen molar-refractivity contribution < 1.29 is 24.2 Å². The number of esters is 1. The van der Waals surface area contributed by atoms with Gasteiger partial charge in [-0.25, -0.2) is 0 Å². The minimum atomic E-state index is -0.703. The molecule has 198 valence electrons. The van der Waals surface area contributed by atoms with Crippen molar-refractivity contribution in [2.75, 3.05) is 43.1 Å². The zero-order chi connectivity index (χ0) is 26.0. The SMILES string of the molecule is CCOC(=O)[C@H]1[C@H]2C(=O)N(CCCCO)C(C(=O)Nc3ccc(N(CC)CC)cc3)C23CC(Br)[C@@H]1S3. The van der Waals surface area contributed by atoms with Gasteiger partial charge in [-0.3, -0.25) is 14.4 Å². The summed E-state index contributed by atoms with van der Waals surface area (Å²) < 4.78 is 4.68. The molecule has 8 nitrogen and oxygen atoms in total.